The number of nitrogens with one attached hydrogen (secondary N) is 2. The van der Waals surface area contributed by atoms with Crippen LogP contribution in [0.4, 0.5) is 24.8 Å². The summed E-state index contributed by atoms with van der Waals surface area (Å²) in [6, 6.07) is 9.52. The van der Waals surface area contributed by atoms with Crippen LogP contribution in [-0.4, -0.2) is 40.8 Å². The van der Waals surface area contributed by atoms with Gasteiger partial charge in [0.05, 0.1) is 5.56 Å². The van der Waals surface area contributed by atoms with E-state index in [-0.39, 0.29) is 29.1 Å². The van der Waals surface area contributed by atoms with Crippen LogP contribution in [0.1, 0.15) is 37.4 Å². The molecule has 0 spiro atoms. The molecule has 176 valence electrons. The molecule has 2 aromatic carbocycles. The lowest BCUT2D eigenvalue weighted by atomic mass is 10.1. The lowest BCUT2D eigenvalue weighted by molar-refractivity contribution is -0.139. The number of aryl methyl sites for hydroxylation is 1. The maximum absolute atomic E-state index is 13.6. The van der Waals surface area contributed by atoms with E-state index in [1.165, 1.54) is 18.0 Å². The Hall–Kier alpha value is -4.15. The molecular weight excluding hydrogens is 451 g/mol. The number of hydrogen-bond donors (Lipinski definition) is 2. The van der Waals surface area contributed by atoms with Crippen LogP contribution in [-0.2, 0) is 12.7 Å². The molecule has 0 unspecified atom stereocenters. The largest absolute Gasteiger partial charge is 0.437 e. The number of nitrogens with zero attached hydrogens (tertiary/aromatic N) is 3. The smallest absolute Gasteiger partial charge is 0.423 e. The van der Waals surface area contributed by atoms with Crippen molar-refractivity contribution < 1.29 is 27.5 Å². The van der Waals surface area contributed by atoms with Crippen LogP contribution < -0.4 is 15.4 Å². The Morgan fingerprint density at radius 3 is 2.65 bits per heavy atom. The van der Waals surface area contributed by atoms with Crippen molar-refractivity contribution in [2.45, 2.75) is 19.6 Å². The van der Waals surface area contributed by atoms with E-state index in [4.69, 9.17) is 4.74 Å². The number of carbonyl (C=O) groups excluding carboxylic acids is 2. The third kappa shape index (κ3) is 4.36. The standard InChI is InChI=1S/C23H20F3N5O3/c1-12-9-13(19(32)27-2)7-8-16(12)29-22-28-10-15(23(24,25)26)20(30-22)34-17-6-4-5-14-11-31(3)21(33)18(14)17/h4-10H,11H2,1-3H3,(H,27,32)(H,28,29,30). The highest BCUT2D eigenvalue weighted by atomic mass is 19.4. The Labute approximate surface area is 192 Å². The van der Waals surface area contributed by atoms with E-state index in [0.29, 0.717) is 35.1 Å². The highest BCUT2D eigenvalue weighted by molar-refractivity contribution is 6.00. The molecule has 2 amide bonds. The zero-order chi connectivity index (χ0) is 24.6. The van der Waals surface area contributed by atoms with Crippen molar-refractivity contribution in [1.82, 2.24) is 20.2 Å². The molecule has 34 heavy (non-hydrogen) atoms. The van der Waals surface area contributed by atoms with Crippen molar-refractivity contribution in [1.29, 1.82) is 0 Å². The van der Waals surface area contributed by atoms with Crippen LogP contribution in [0.2, 0.25) is 0 Å². The summed E-state index contributed by atoms with van der Waals surface area (Å²) in [4.78, 5) is 33.5. The second-order valence-corrected chi connectivity index (χ2v) is 7.70. The van der Waals surface area contributed by atoms with Crippen molar-refractivity contribution in [3.05, 3.63) is 70.4 Å². The molecule has 0 atom stereocenters. The number of aromatic nitrogens is 2. The molecule has 0 bridgehead atoms. The molecule has 0 saturated carbocycles. The Kier molecular flexibility index (Phi) is 5.86. The van der Waals surface area contributed by atoms with Crippen molar-refractivity contribution in [2.75, 3.05) is 19.4 Å². The highest BCUT2D eigenvalue weighted by Crippen LogP contribution is 2.39. The Morgan fingerprint density at radius 2 is 1.97 bits per heavy atom. The van der Waals surface area contributed by atoms with E-state index in [9.17, 15) is 22.8 Å². The zero-order valence-electron chi connectivity index (χ0n) is 18.4. The molecule has 11 heteroatoms. The molecule has 1 aliphatic heterocycles. The molecule has 0 radical (unpaired) electrons. The number of fused-ring (bicyclic) bond motifs is 1. The molecule has 2 heterocycles. The molecule has 0 saturated heterocycles. The predicted molar refractivity (Wildman–Crippen MR) is 117 cm³/mol. The van der Waals surface area contributed by atoms with Gasteiger partial charge in [0.2, 0.25) is 11.8 Å². The van der Waals surface area contributed by atoms with Crippen LogP contribution in [0.3, 0.4) is 0 Å². The molecular formula is C23H20F3N5O3. The molecule has 0 fully saturated rings. The number of amides is 2. The summed E-state index contributed by atoms with van der Waals surface area (Å²) < 4.78 is 46.5. The minimum absolute atomic E-state index is 0.0203. The molecule has 1 aromatic heterocycles. The second-order valence-electron chi connectivity index (χ2n) is 7.70. The fourth-order valence-electron chi connectivity index (χ4n) is 3.57. The Balaban J connectivity index is 1.70. The second kappa shape index (κ2) is 8.65. The normalized spacial score (nSPS) is 13.0. The number of hydrogen-bond acceptors (Lipinski definition) is 6. The van der Waals surface area contributed by atoms with E-state index in [0.717, 1.165) is 0 Å². The SMILES string of the molecule is CNC(=O)c1ccc(Nc2ncc(C(F)(F)F)c(Oc3cccc4c3C(=O)N(C)C4)n2)c(C)c1. The Bertz CT molecular complexity index is 1290. The lowest BCUT2D eigenvalue weighted by Crippen LogP contribution is -2.18. The number of halogens is 3. The van der Waals surface area contributed by atoms with Crippen LogP contribution in [0, 0.1) is 6.92 Å². The highest BCUT2D eigenvalue weighted by Gasteiger charge is 2.37. The summed E-state index contributed by atoms with van der Waals surface area (Å²) in [5.41, 5.74) is 1.25. The Morgan fingerprint density at radius 1 is 1.21 bits per heavy atom. The first-order valence-corrected chi connectivity index (χ1v) is 10.2. The maximum Gasteiger partial charge on any atom is 0.423 e. The van der Waals surface area contributed by atoms with E-state index in [1.807, 2.05) is 0 Å². The fourth-order valence-corrected chi connectivity index (χ4v) is 3.57. The minimum atomic E-state index is -4.78. The molecule has 0 aliphatic carbocycles. The summed E-state index contributed by atoms with van der Waals surface area (Å²) in [5.74, 6) is -1.52. The van der Waals surface area contributed by atoms with Crippen LogP contribution in [0.5, 0.6) is 11.6 Å². The van der Waals surface area contributed by atoms with Gasteiger partial charge in [0, 0.05) is 38.1 Å². The summed E-state index contributed by atoms with van der Waals surface area (Å²) in [6.45, 7) is 2.06. The van der Waals surface area contributed by atoms with Crippen molar-refractivity contribution >= 4 is 23.5 Å². The average Bonchev–Trinajstić information content (AvgIpc) is 3.08. The van der Waals surface area contributed by atoms with Gasteiger partial charge in [-0.15, -0.1) is 0 Å². The quantitative estimate of drug-likeness (QED) is 0.577. The first kappa shape index (κ1) is 23.0. The van der Waals surface area contributed by atoms with E-state index in [2.05, 4.69) is 20.6 Å². The topological polar surface area (TPSA) is 96.4 Å². The summed E-state index contributed by atoms with van der Waals surface area (Å²) in [7, 11) is 3.10. The van der Waals surface area contributed by atoms with Crippen LogP contribution in [0.25, 0.3) is 0 Å². The fraction of sp³-hybridized carbons (Fsp3) is 0.217. The van der Waals surface area contributed by atoms with Gasteiger partial charge >= 0.3 is 6.18 Å². The first-order chi connectivity index (χ1) is 16.1. The number of carbonyl (C=O) groups is 2. The van der Waals surface area contributed by atoms with Gasteiger partial charge < -0.3 is 20.3 Å². The van der Waals surface area contributed by atoms with Crippen LogP contribution >= 0.6 is 0 Å². The van der Waals surface area contributed by atoms with Gasteiger partial charge in [-0.2, -0.15) is 18.2 Å². The summed E-state index contributed by atoms with van der Waals surface area (Å²) in [6.07, 6.45) is -4.16. The van der Waals surface area contributed by atoms with Crippen molar-refractivity contribution in [3.8, 4) is 11.6 Å². The van der Waals surface area contributed by atoms with Gasteiger partial charge in [-0.1, -0.05) is 12.1 Å². The van der Waals surface area contributed by atoms with Crippen molar-refractivity contribution in [3.63, 3.8) is 0 Å². The van der Waals surface area contributed by atoms with Crippen molar-refractivity contribution in [2.24, 2.45) is 0 Å². The number of alkyl halides is 3. The molecule has 2 N–H and O–H groups in total. The van der Waals surface area contributed by atoms with Gasteiger partial charge in [0.1, 0.15) is 11.3 Å². The number of benzene rings is 2. The first-order valence-electron chi connectivity index (χ1n) is 10.2. The van der Waals surface area contributed by atoms with Gasteiger partial charge in [-0.05, 0) is 42.3 Å². The summed E-state index contributed by atoms with van der Waals surface area (Å²) >= 11 is 0. The number of anilines is 2. The summed E-state index contributed by atoms with van der Waals surface area (Å²) in [5, 5.41) is 5.37. The van der Waals surface area contributed by atoms with Gasteiger partial charge in [-0.3, -0.25) is 9.59 Å². The molecule has 3 aromatic rings. The number of rotatable bonds is 5. The monoisotopic (exact) mass is 471 g/mol. The molecule has 4 rings (SSSR count). The van der Waals surface area contributed by atoms with Gasteiger partial charge in [0.15, 0.2) is 0 Å². The minimum Gasteiger partial charge on any atom is -0.437 e. The average molecular weight is 471 g/mol. The van der Waals surface area contributed by atoms with Crippen LogP contribution in [0.15, 0.2) is 42.6 Å². The van der Waals surface area contributed by atoms with E-state index < -0.39 is 17.6 Å². The zero-order valence-corrected chi connectivity index (χ0v) is 18.4. The van der Waals surface area contributed by atoms with Gasteiger partial charge in [0.25, 0.3) is 11.8 Å². The predicted octanol–water partition coefficient (Wildman–Crippen LogP) is 4.28. The van der Waals surface area contributed by atoms with Gasteiger partial charge in [-0.25, -0.2) is 4.98 Å². The molecule has 1 aliphatic rings. The van der Waals surface area contributed by atoms with E-state index >= 15 is 0 Å². The molecule has 8 nitrogen and oxygen atoms in total. The lowest BCUT2D eigenvalue weighted by Gasteiger charge is -2.16. The third-order valence-corrected chi connectivity index (χ3v) is 5.31. The van der Waals surface area contributed by atoms with E-state index in [1.54, 1.807) is 44.3 Å². The number of ether oxygens (including phenoxy) is 1. The third-order valence-electron chi connectivity index (χ3n) is 5.31. The maximum atomic E-state index is 13.6.